The Morgan fingerprint density at radius 3 is 2.94 bits per heavy atom. The van der Waals surface area contributed by atoms with Crippen LogP contribution in [0.25, 0.3) is 10.6 Å². The first kappa shape index (κ1) is 12.7. The molecular formula is C10H8N2O4S2. The second-order valence-corrected chi connectivity index (χ2v) is 4.78. The lowest BCUT2D eigenvalue weighted by molar-refractivity contribution is -0.144. The number of ether oxygens (including phenoxy) is 2. The summed E-state index contributed by atoms with van der Waals surface area (Å²) in [5.74, 6) is -1.24. The third-order valence-electron chi connectivity index (χ3n) is 1.98. The maximum Gasteiger partial charge on any atom is 0.352 e. The molecule has 18 heavy (non-hydrogen) atoms. The molecule has 94 valence electrons. The van der Waals surface area contributed by atoms with E-state index in [2.05, 4.69) is 14.3 Å². The highest BCUT2D eigenvalue weighted by Crippen LogP contribution is 2.28. The molecule has 0 bridgehead atoms. The molecule has 0 atom stereocenters. The third kappa shape index (κ3) is 2.71. The van der Waals surface area contributed by atoms with E-state index in [0.29, 0.717) is 5.69 Å². The third-order valence-corrected chi connectivity index (χ3v) is 3.56. The summed E-state index contributed by atoms with van der Waals surface area (Å²) in [5.41, 5.74) is 0.477. The number of hydrogen-bond acceptors (Lipinski definition) is 8. The first-order chi connectivity index (χ1) is 8.72. The highest BCUT2D eigenvalue weighted by molar-refractivity contribution is 7.14. The van der Waals surface area contributed by atoms with Crippen molar-refractivity contribution in [1.82, 2.24) is 9.59 Å². The molecule has 0 amide bonds. The highest BCUT2D eigenvalue weighted by atomic mass is 32.1. The fourth-order valence-corrected chi connectivity index (χ4v) is 2.50. The summed E-state index contributed by atoms with van der Waals surface area (Å²) in [5, 5.41) is 5.76. The molecule has 0 aliphatic heterocycles. The van der Waals surface area contributed by atoms with E-state index < -0.39 is 18.5 Å². The SMILES string of the molecule is COC(=O)COC(=O)c1snnc1-c1cccs1. The summed E-state index contributed by atoms with van der Waals surface area (Å²) >= 11 is 2.38. The van der Waals surface area contributed by atoms with E-state index in [-0.39, 0.29) is 4.88 Å². The Hall–Kier alpha value is -1.80. The number of thiophene rings is 1. The van der Waals surface area contributed by atoms with Gasteiger partial charge in [0.25, 0.3) is 0 Å². The summed E-state index contributed by atoms with van der Waals surface area (Å²) in [4.78, 5) is 23.7. The van der Waals surface area contributed by atoms with Gasteiger partial charge in [-0.05, 0) is 23.0 Å². The lowest BCUT2D eigenvalue weighted by atomic mass is 10.3. The van der Waals surface area contributed by atoms with Gasteiger partial charge in [-0.3, -0.25) is 0 Å². The molecule has 0 saturated heterocycles. The molecular weight excluding hydrogens is 276 g/mol. The zero-order chi connectivity index (χ0) is 13.0. The Bertz CT molecular complexity index is 550. The molecule has 0 aliphatic carbocycles. The fraction of sp³-hybridized carbons (Fsp3) is 0.200. The molecule has 0 aromatic carbocycles. The zero-order valence-electron chi connectivity index (χ0n) is 9.28. The molecule has 2 aromatic heterocycles. The van der Waals surface area contributed by atoms with Crippen LogP contribution in [-0.2, 0) is 14.3 Å². The molecule has 0 unspecified atom stereocenters. The van der Waals surface area contributed by atoms with Gasteiger partial charge in [0.1, 0.15) is 5.69 Å². The van der Waals surface area contributed by atoms with E-state index >= 15 is 0 Å². The first-order valence-corrected chi connectivity index (χ1v) is 6.48. The smallest absolute Gasteiger partial charge is 0.352 e. The molecule has 8 heteroatoms. The normalized spacial score (nSPS) is 10.1. The molecule has 0 saturated carbocycles. The van der Waals surface area contributed by atoms with E-state index in [1.165, 1.54) is 18.4 Å². The van der Waals surface area contributed by atoms with E-state index in [4.69, 9.17) is 4.74 Å². The number of carbonyl (C=O) groups excluding carboxylic acids is 2. The van der Waals surface area contributed by atoms with E-state index in [1.54, 1.807) is 0 Å². The van der Waals surface area contributed by atoms with Crippen LogP contribution < -0.4 is 0 Å². The molecule has 2 rings (SSSR count). The summed E-state index contributed by atoms with van der Waals surface area (Å²) < 4.78 is 12.9. The molecule has 0 aliphatic rings. The summed E-state index contributed by atoms with van der Waals surface area (Å²) in [6.45, 7) is -0.420. The van der Waals surface area contributed by atoms with Gasteiger partial charge >= 0.3 is 11.9 Å². The van der Waals surface area contributed by atoms with Crippen molar-refractivity contribution in [2.24, 2.45) is 0 Å². The van der Waals surface area contributed by atoms with E-state index in [0.717, 1.165) is 16.4 Å². The maximum atomic E-state index is 11.7. The number of esters is 2. The Kier molecular flexibility index (Phi) is 4.00. The van der Waals surface area contributed by atoms with Gasteiger partial charge in [0, 0.05) is 0 Å². The van der Waals surface area contributed by atoms with Gasteiger partial charge < -0.3 is 9.47 Å². The minimum atomic E-state index is -0.626. The van der Waals surface area contributed by atoms with Crippen molar-refractivity contribution in [3.05, 3.63) is 22.4 Å². The summed E-state index contributed by atoms with van der Waals surface area (Å²) in [6, 6.07) is 3.68. The van der Waals surface area contributed by atoms with Gasteiger partial charge in [0.15, 0.2) is 11.5 Å². The number of hydrogen-bond donors (Lipinski definition) is 0. The summed E-state index contributed by atoms with van der Waals surface area (Å²) in [6.07, 6.45) is 0. The molecule has 0 radical (unpaired) electrons. The van der Waals surface area contributed by atoms with E-state index in [1.807, 2.05) is 17.5 Å². The van der Waals surface area contributed by atoms with Crippen LogP contribution >= 0.6 is 22.9 Å². The van der Waals surface area contributed by atoms with Gasteiger partial charge in [-0.15, -0.1) is 16.4 Å². The number of aromatic nitrogens is 2. The maximum absolute atomic E-state index is 11.7. The topological polar surface area (TPSA) is 78.4 Å². The summed E-state index contributed by atoms with van der Waals surface area (Å²) in [7, 11) is 1.22. The van der Waals surface area contributed by atoms with Gasteiger partial charge in [-0.1, -0.05) is 10.6 Å². The fourth-order valence-electron chi connectivity index (χ4n) is 1.15. The Morgan fingerprint density at radius 1 is 1.44 bits per heavy atom. The average molecular weight is 284 g/mol. The molecule has 6 nitrogen and oxygen atoms in total. The van der Waals surface area contributed by atoms with Crippen molar-refractivity contribution in [3.63, 3.8) is 0 Å². The van der Waals surface area contributed by atoms with Crippen LogP contribution in [0.15, 0.2) is 17.5 Å². The largest absolute Gasteiger partial charge is 0.466 e. The molecule has 2 aromatic rings. The number of methoxy groups -OCH3 is 1. The van der Waals surface area contributed by atoms with Crippen LogP contribution in [0.4, 0.5) is 0 Å². The minimum absolute atomic E-state index is 0.279. The van der Waals surface area contributed by atoms with E-state index in [9.17, 15) is 9.59 Å². The van der Waals surface area contributed by atoms with Gasteiger partial charge in [0.05, 0.1) is 12.0 Å². The molecule has 0 spiro atoms. The minimum Gasteiger partial charge on any atom is -0.466 e. The highest BCUT2D eigenvalue weighted by Gasteiger charge is 2.20. The van der Waals surface area contributed by atoms with Crippen LogP contribution in [0.1, 0.15) is 9.67 Å². The van der Waals surface area contributed by atoms with Crippen molar-refractivity contribution < 1.29 is 19.1 Å². The lowest BCUT2D eigenvalue weighted by Crippen LogP contribution is -2.14. The number of rotatable bonds is 4. The lowest BCUT2D eigenvalue weighted by Gasteiger charge is -2.01. The number of carbonyl (C=O) groups is 2. The van der Waals surface area contributed by atoms with Crippen LogP contribution in [0.3, 0.4) is 0 Å². The quantitative estimate of drug-likeness (QED) is 0.793. The van der Waals surface area contributed by atoms with Crippen molar-refractivity contribution >= 4 is 34.8 Å². The van der Waals surface area contributed by atoms with Crippen molar-refractivity contribution in [1.29, 1.82) is 0 Å². The standard InChI is InChI=1S/C10H8N2O4S2/c1-15-7(13)5-16-10(14)9-8(11-12-18-9)6-3-2-4-17-6/h2-4H,5H2,1H3. The molecule has 0 N–H and O–H groups in total. The molecule has 0 fully saturated rings. The second-order valence-electron chi connectivity index (χ2n) is 3.08. The van der Waals surface area contributed by atoms with Gasteiger partial charge in [-0.2, -0.15) is 0 Å². The Labute approximate surface area is 110 Å². The Balaban J connectivity index is 2.12. The predicted molar refractivity (Wildman–Crippen MR) is 65.5 cm³/mol. The molecule has 2 heterocycles. The van der Waals surface area contributed by atoms with Gasteiger partial charge in [-0.25, -0.2) is 9.59 Å². The van der Waals surface area contributed by atoms with Crippen molar-refractivity contribution in [2.45, 2.75) is 0 Å². The second kappa shape index (κ2) is 5.69. The Morgan fingerprint density at radius 2 is 2.28 bits per heavy atom. The predicted octanol–water partition coefficient (Wildman–Crippen LogP) is 1.60. The van der Waals surface area contributed by atoms with Crippen LogP contribution in [0.5, 0.6) is 0 Å². The zero-order valence-corrected chi connectivity index (χ0v) is 10.9. The van der Waals surface area contributed by atoms with Crippen LogP contribution in [-0.4, -0.2) is 35.2 Å². The van der Waals surface area contributed by atoms with Gasteiger partial charge in [0.2, 0.25) is 0 Å². The van der Waals surface area contributed by atoms with Crippen molar-refractivity contribution in [2.75, 3.05) is 13.7 Å². The number of nitrogens with zero attached hydrogens (tertiary/aromatic N) is 2. The van der Waals surface area contributed by atoms with Crippen LogP contribution in [0.2, 0.25) is 0 Å². The monoisotopic (exact) mass is 284 g/mol. The average Bonchev–Trinajstić information content (AvgIpc) is 3.04. The van der Waals surface area contributed by atoms with Crippen LogP contribution in [0, 0.1) is 0 Å². The first-order valence-electron chi connectivity index (χ1n) is 4.82. The van der Waals surface area contributed by atoms with Crippen molar-refractivity contribution in [3.8, 4) is 10.6 Å².